The number of amides is 1. The predicted octanol–water partition coefficient (Wildman–Crippen LogP) is 3.47. The highest BCUT2D eigenvalue weighted by atomic mass is 16.5. The number of nitrogens with zero attached hydrogens (tertiary/aromatic N) is 1. The van der Waals surface area contributed by atoms with Crippen LogP contribution in [-0.4, -0.2) is 26.0 Å². The molecule has 2 aromatic carbocycles. The third-order valence-electron chi connectivity index (χ3n) is 2.91. The Hall–Kier alpha value is -3.08. The summed E-state index contributed by atoms with van der Waals surface area (Å²) in [6, 6.07) is 17.4. The fraction of sp³-hybridized carbons (Fsp3) is 0.111. The van der Waals surface area contributed by atoms with E-state index in [4.69, 9.17) is 4.74 Å². The molecular weight excluding hydrogens is 292 g/mol. The van der Waals surface area contributed by atoms with Crippen LogP contribution in [0.5, 0.6) is 5.75 Å². The molecule has 0 spiro atoms. The molecule has 2 rings (SSSR count). The van der Waals surface area contributed by atoms with Crippen LogP contribution in [0.15, 0.2) is 65.8 Å². The van der Waals surface area contributed by atoms with Gasteiger partial charge in [-0.05, 0) is 23.8 Å². The number of carbonyl (C=O) groups excluding carboxylic acids is 1. The van der Waals surface area contributed by atoms with Crippen LogP contribution >= 0.6 is 0 Å². The van der Waals surface area contributed by atoms with Gasteiger partial charge in [-0.2, -0.15) is 5.10 Å². The minimum Gasteiger partial charge on any atom is -0.489 e. The van der Waals surface area contributed by atoms with Crippen LogP contribution in [0.25, 0.3) is 6.08 Å². The molecule has 2 aromatic rings. The van der Waals surface area contributed by atoms with Crippen LogP contribution in [0.4, 0.5) is 4.79 Å². The zero-order chi connectivity index (χ0) is 16.3. The van der Waals surface area contributed by atoms with E-state index in [0.717, 1.165) is 11.1 Å². The fourth-order valence-corrected chi connectivity index (χ4v) is 1.81. The SMILES string of the molecule is COC(=O)NN=Cc1ccccc1OC/C=C/c1ccccc1. The second-order valence-corrected chi connectivity index (χ2v) is 4.52. The van der Waals surface area contributed by atoms with Gasteiger partial charge in [-0.15, -0.1) is 0 Å². The number of hydrogen-bond acceptors (Lipinski definition) is 4. The van der Waals surface area contributed by atoms with Gasteiger partial charge < -0.3 is 9.47 Å². The van der Waals surface area contributed by atoms with E-state index in [-0.39, 0.29) is 0 Å². The number of benzene rings is 2. The van der Waals surface area contributed by atoms with E-state index < -0.39 is 6.09 Å². The summed E-state index contributed by atoms with van der Waals surface area (Å²) >= 11 is 0. The molecule has 0 aliphatic carbocycles. The van der Waals surface area contributed by atoms with E-state index in [1.54, 1.807) is 0 Å². The second kappa shape index (κ2) is 9.04. The average molecular weight is 310 g/mol. The smallest absolute Gasteiger partial charge is 0.427 e. The largest absolute Gasteiger partial charge is 0.489 e. The summed E-state index contributed by atoms with van der Waals surface area (Å²) in [6.45, 7) is 0.435. The average Bonchev–Trinajstić information content (AvgIpc) is 2.60. The predicted molar refractivity (Wildman–Crippen MR) is 90.5 cm³/mol. The molecule has 0 saturated heterocycles. The highest BCUT2D eigenvalue weighted by molar-refractivity contribution is 5.84. The van der Waals surface area contributed by atoms with Gasteiger partial charge in [0.15, 0.2) is 0 Å². The molecule has 0 aromatic heterocycles. The van der Waals surface area contributed by atoms with Gasteiger partial charge in [0.25, 0.3) is 0 Å². The van der Waals surface area contributed by atoms with Crippen LogP contribution in [0.2, 0.25) is 0 Å². The van der Waals surface area contributed by atoms with Crippen molar-refractivity contribution in [2.45, 2.75) is 0 Å². The lowest BCUT2D eigenvalue weighted by Gasteiger charge is -2.06. The Morgan fingerprint density at radius 1 is 1.13 bits per heavy atom. The van der Waals surface area contributed by atoms with E-state index in [0.29, 0.717) is 12.4 Å². The van der Waals surface area contributed by atoms with Crippen LogP contribution < -0.4 is 10.2 Å². The molecule has 0 unspecified atom stereocenters. The molecule has 5 heteroatoms. The summed E-state index contributed by atoms with van der Waals surface area (Å²) in [6.07, 6.45) is 4.82. The molecule has 0 aliphatic rings. The third kappa shape index (κ3) is 5.67. The molecule has 0 radical (unpaired) electrons. The molecule has 0 fully saturated rings. The number of nitrogens with one attached hydrogen (secondary N) is 1. The monoisotopic (exact) mass is 310 g/mol. The summed E-state index contributed by atoms with van der Waals surface area (Å²) in [7, 11) is 1.28. The van der Waals surface area contributed by atoms with Gasteiger partial charge in [0.1, 0.15) is 12.4 Å². The molecule has 118 valence electrons. The van der Waals surface area contributed by atoms with E-state index in [1.165, 1.54) is 13.3 Å². The third-order valence-corrected chi connectivity index (χ3v) is 2.91. The van der Waals surface area contributed by atoms with Crippen molar-refractivity contribution in [3.8, 4) is 5.75 Å². The molecule has 0 atom stereocenters. The minimum absolute atomic E-state index is 0.435. The lowest BCUT2D eigenvalue weighted by Crippen LogP contribution is -2.16. The van der Waals surface area contributed by atoms with Crippen LogP contribution in [0.1, 0.15) is 11.1 Å². The highest BCUT2D eigenvalue weighted by Gasteiger charge is 2.00. The second-order valence-electron chi connectivity index (χ2n) is 4.52. The quantitative estimate of drug-likeness (QED) is 0.656. The van der Waals surface area contributed by atoms with Gasteiger partial charge in [0, 0.05) is 5.56 Å². The molecule has 5 nitrogen and oxygen atoms in total. The van der Waals surface area contributed by atoms with E-state index in [9.17, 15) is 4.79 Å². The Morgan fingerprint density at radius 3 is 2.65 bits per heavy atom. The molecule has 0 aliphatic heterocycles. The Kier molecular flexibility index (Phi) is 6.41. The summed E-state index contributed by atoms with van der Waals surface area (Å²) in [4.78, 5) is 10.9. The van der Waals surface area contributed by atoms with Crippen LogP contribution in [0.3, 0.4) is 0 Å². The van der Waals surface area contributed by atoms with Crippen molar-refractivity contribution in [3.05, 3.63) is 71.8 Å². The van der Waals surface area contributed by atoms with Crippen molar-refractivity contribution in [2.24, 2.45) is 5.10 Å². The number of hydrogen-bond donors (Lipinski definition) is 1. The first-order valence-electron chi connectivity index (χ1n) is 7.10. The maximum atomic E-state index is 10.9. The normalized spacial score (nSPS) is 10.8. The zero-order valence-corrected chi connectivity index (χ0v) is 12.8. The van der Waals surface area contributed by atoms with E-state index >= 15 is 0 Å². The van der Waals surface area contributed by atoms with Gasteiger partial charge in [-0.25, -0.2) is 10.2 Å². The first-order valence-corrected chi connectivity index (χ1v) is 7.10. The van der Waals surface area contributed by atoms with E-state index in [2.05, 4.69) is 15.3 Å². The van der Waals surface area contributed by atoms with Gasteiger partial charge in [0.05, 0.1) is 13.3 Å². The highest BCUT2D eigenvalue weighted by Crippen LogP contribution is 2.15. The van der Waals surface area contributed by atoms with Crippen molar-refractivity contribution in [2.75, 3.05) is 13.7 Å². The number of para-hydroxylation sites is 1. The Balaban J connectivity index is 1.92. The maximum Gasteiger partial charge on any atom is 0.427 e. The lowest BCUT2D eigenvalue weighted by atomic mass is 10.2. The Labute approximate surface area is 135 Å². The summed E-state index contributed by atoms with van der Waals surface area (Å²) in [5.74, 6) is 0.681. The van der Waals surface area contributed by atoms with Crippen LogP contribution in [-0.2, 0) is 4.74 Å². The number of hydrazone groups is 1. The van der Waals surface area contributed by atoms with Gasteiger partial charge >= 0.3 is 6.09 Å². The van der Waals surface area contributed by atoms with Crippen molar-refractivity contribution >= 4 is 18.4 Å². The Bertz CT molecular complexity index is 682. The fourth-order valence-electron chi connectivity index (χ4n) is 1.81. The molecular formula is C18H18N2O3. The Morgan fingerprint density at radius 2 is 1.87 bits per heavy atom. The first kappa shape index (κ1) is 16.3. The summed E-state index contributed by atoms with van der Waals surface area (Å²) < 4.78 is 10.2. The molecule has 1 amide bonds. The zero-order valence-electron chi connectivity index (χ0n) is 12.8. The number of carbonyl (C=O) groups is 1. The van der Waals surface area contributed by atoms with Gasteiger partial charge in [0.2, 0.25) is 0 Å². The standard InChI is InChI=1S/C18H18N2O3/c1-22-18(21)20-19-14-16-11-5-6-12-17(16)23-13-7-10-15-8-3-2-4-9-15/h2-12,14H,13H2,1H3,(H,20,21)/b10-7+,19-14?. The number of ether oxygens (including phenoxy) is 2. The maximum absolute atomic E-state index is 10.9. The van der Waals surface area contributed by atoms with Crippen molar-refractivity contribution in [3.63, 3.8) is 0 Å². The molecule has 23 heavy (non-hydrogen) atoms. The first-order chi connectivity index (χ1) is 11.3. The summed E-state index contributed by atoms with van der Waals surface area (Å²) in [5.41, 5.74) is 4.12. The summed E-state index contributed by atoms with van der Waals surface area (Å²) in [5, 5.41) is 3.80. The van der Waals surface area contributed by atoms with Gasteiger partial charge in [-0.1, -0.05) is 48.5 Å². The minimum atomic E-state index is -0.620. The topological polar surface area (TPSA) is 59.9 Å². The lowest BCUT2D eigenvalue weighted by molar-refractivity contribution is 0.171. The molecule has 0 bridgehead atoms. The molecule has 0 saturated carbocycles. The van der Waals surface area contributed by atoms with E-state index in [1.807, 2.05) is 66.7 Å². The molecule has 0 heterocycles. The van der Waals surface area contributed by atoms with Crippen molar-refractivity contribution < 1.29 is 14.3 Å². The number of methoxy groups -OCH3 is 1. The molecule has 1 N–H and O–H groups in total. The van der Waals surface area contributed by atoms with Crippen molar-refractivity contribution in [1.29, 1.82) is 0 Å². The van der Waals surface area contributed by atoms with Crippen LogP contribution in [0, 0.1) is 0 Å². The number of rotatable bonds is 6. The van der Waals surface area contributed by atoms with Gasteiger partial charge in [-0.3, -0.25) is 0 Å². The van der Waals surface area contributed by atoms with Crippen molar-refractivity contribution in [1.82, 2.24) is 5.43 Å².